The molecule has 1 heterocycles. The molecule has 0 saturated heterocycles. The molecule has 0 unspecified atom stereocenters. The number of ketones is 1. The first-order valence-electron chi connectivity index (χ1n) is 7.65. The molecular weight excluding hydrogens is 378 g/mol. The lowest BCUT2D eigenvalue weighted by Gasteiger charge is -2.13. The van der Waals surface area contributed by atoms with Gasteiger partial charge < -0.3 is 9.47 Å². The van der Waals surface area contributed by atoms with Crippen LogP contribution in [0.15, 0.2) is 41.3 Å². The average Bonchev–Trinajstić information content (AvgIpc) is 3.05. The van der Waals surface area contributed by atoms with E-state index in [0.29, 0.717) is 10.6 Å². The normalized spacial score (nSPS) is 12.4. The predicted molar refractivity (Wildman–Crippen MR) is 97.1 cm³/mol. The highest BCUT2D eigenvalue weighted by Crippen LogP contribution is 2.17. The van der Waals surface area contributed by atoms with Gasteiger partial charge in [-0.05, 0) is 50.2 Å². The maximum Gasteiger partial charge on any atom is 0.324 e. The summed E-state index contributed by atoms with van der Waals surface area (Å²) in [5.74, 6) is -0.649. The highest BCUT2D eigenvalue weighted by molar-refractivity contribution is 7.89. The zero-order valence-electron chi connectivity index (χ0n) is 14.5. The molecule has 1 aromatic heterocycles. The Morgan fingerprint density at radius 3 is 2.35 bits per heavy atom. The van der Waals surface area contributed by atoms with Crippen LogP contribution in [-0.2, 0) is 19.6 Å². The molecule has 0 amide bonds. The van der Waals surface area contributed by atoms with Gasteiger partial charge >= 0.3 is 5.97 Å². The molecule has 1 atom stereocenters. The van der Waals surface area contributed by atoms with Crippen LogP contribution in [0.2, 0.25) is 0 Å². The van der Waals surface area contributed by atoms with Crippen molar-refractivity contribution >= 4 is 33.1 Å². The lowest BCUT2D eigenvalue weighted by molar-refractivity contribution is -0.144. The first-order valence-corrected chi connectivity index (χ1v) is 9.95. The van der Waals surface area contributed by atoms with Gasteiger partial charge in [0.15, 0.2) is 6.61 Å². The number of rotatable bonds is 8. The number of aryl methyl sites for hydroxylation is 1. The van der Waals surface area contributed by atoms with E-state index in [2.05, 4.69) is 4.72 Å². The third kappa shape index (κ3) is 5.13. The van der Waals surface area contributed by atoms with Crippen molar-refractivity contribution in [2.45, 2.75) is 24.8 Å². The largest absolute Gasteiger partial charge is 0.497 e. The molecule has 0 bridgehead atoms. The molecule has 2 aromatic rings. The Labute approximate surface area is 156 Å². The van der Waals surface area contributed by atoms with Crippen molar-refractivity contribution in [3.63, 3.8) is 0 Å². The molecule has 9 heteroatoms. The zero-order valence-corrected chi connectivity index (χ0v) is 16.1. The van der Waals surface area contributed by atoms with Crippen LogP contribution in [0.25, 0.3) is 0 Å². The van der Waals surface area contributed by atoms with Gasteiger partial charge in [0.1, 0.15) is 11.8 Å². The van der Waals surface area contributed by atoms with E-state index in [1.54, 1.807) is 12.1 Å². The lowest BCUT2D eigenvalue weighted by atomic mass is 10.3. The molecule has 2 rings (SSSR count). The van der Waals surface area contributed by atoms with E-state index in [-0.39, 0.29) is 10.7 Å². The Hall–Kier alpha value is -2.23. The van der Waals surface area contributed by atoms with E-state index in [9.17, 15) is 18.0 Å². The summed E-state index contributed by atoms with van der Waals surface area (Å²) in [4.78, 5) is 25.4. The van der Waals surface area contributed by atoms with Crippen LogP contribution < -0.4 is 9.46 Å². The third-order valence-electron chi connectivity index (χ3n) is 3.42. The van der Waals surface area contributed by atoms with Gasteiger partial charge in [-0.1, -0.05) is 0 Å². The van der Waals surface area contributed by atoms with E-state index in [1.165, 1.54) is 49.6 Å². The smallest absolute Gasteiger partial charge is 0.324 e. The minimum Gasteiger partial charge on any atom is -0.497 e. The second kappa shape index (κ2) is 8.43. The Morgan fingerprint density at radius 1 is 1.15 bits per heavy atom. The molecule has 140 valence electrons. The van der Waals surface area contributed by atoms with Crippen molar-refractivity contribution in [1.29, 1.82) is 0 Å². The number of nitrogens with one attached hydrogen (secondary N) is 1. The van der Waals surface area contributed by atoms with Crippen molar-refractivity contribution in [2.24, 2.45) is 0 Å². The number of hydrogen-bond donors (Lipinski definition) is 1. The fourth-order valence-corrected chi connectivity index (χ4v) is 4.00. The molecule has 0 radical (unpaired) electrons. The quantitative estimate of drug-likeness (QED) is 0.541. The van der Waals surface area contributed by atoms with Crippen molar-refractivity contribution in [3.05, 3.63) is 46.2 Å². The van der Waals surface area contributed by atoms with E-state index in [1.807, 2.05) is 6.92 Å². The summed E-state index contributed by atoms with van der Waals surface area (Å²) < 4.78 is 36.7. The first-order chi connectivity index (χ1) is 12.2. The molecular formula is C17H19NO6S2. The number of carbonyl (C=O) groups is 2. The van der Waals surface area contributed by atoms with Crippen LogP contribution in [-0.4, -0.2) is 39.9 Å². The Bertz CT molecular complexity index is 886. The monoisotopic (exact) mass is 397 g/mol. The number of ether oxygens (including phenoxy) is 2. The summed E-state index contributed by atoms with van der Waals surface area (Å²) in [5.41, 5.74) is 0. The predicted octanol–water partition coefficient (Wildman–Crippen LogP) is 2.16. The molecule has 0 aliphatic carbocycles. The second-order valence-corrected chi connectivity index (χ2v) is 8.46. The van der Waals surface area contributed by atoms with Crippen molar-refractivity contribution in [3.8, 4) is 5.75 Å². The lowest BCUT2D eigenvalue weighted by Crippen LogP contribution is -2.40. The van der Waals surface area contributed by atoms with Gasteiger partial charge in [-0.3, -0.25) is 9.59 Å². The number of thiophene rings is 1. The van der Waals surface area contributed by atoms with Gasteiger partial charge in [-0.15, -0.1) is 11.3 Å². The standard InChI is InChI=1S/C17H19NO6S2/c1-11-4-9-16(25-11)15(19)10-24-17(20)12(2)18-26(21,22)14-7-5-13(23-3)6-8-14/h4-9,12,18H,10H2,1-3H3/t12-/m0/s1. The van der Waals surface area contributed by atoms with Gasteiger partial charge in [0.25, 0.3) is 0 Å². The molecule has 7 nitrogen and oxygen atoms in total. The van der Waals surface area contributed by atoms with Crippen LogP contribution in [0.3, 0.4) is 0 Å². The number of hydrogen-bond acceptors (Lipinski definition) is 7. The highest BCUT2D eigenvalue weighted by Gasteiger charge is 2.24. The topological polar surface area (TPSA) is 98.8 Å². The Balaban J connectivity index is 1.93. The number of Topliss-reactive ketones (excluding diaryl/α,β-unsaturated/α-hetero) is 1. The number of benzene rings is 1. The summed E-state index contributed by atoms with van der Waals surface area (Å²) in [5, 5.41) is 0. The van der Waals surface area contributed by atoms with Gasteiger partial charge in [0.2, 0.25) is 15.8 Å². The maximum absolute atomic E-state index is 12.3. The van der Waals surface area contributed by atoms with E-state index >= 15 is 0 Å². The molecule has 0 saturated carbocycles. The molecule has 26 heavy (non-hydrogen) atoms. The van der Waals surface area contributed by atoms with Gasteiger partial charge in [0, 0.05) is 4.88 Å². The number of methoxy groups -OCH3 is 1. The number of esters is 1. The van der Waals surface area contributed by atoms with Crippen LogP contribution in [0.5, 0.6) is 5.75 Å². The van der Waals surface area contributed by atoms with Crippen molar-refractivity contribution in [1.82, 2.24) is 4.72 Å². The fraction of sp³-hybridized carbons (Fsp3) is 0.294. The molecule has 1 N–H and O–H groups in total. The fourth-order valence-electron chi connectivity index (χ4n) is 2.02. The van der Waals surface area contributed by atoms with E-state index in [0.717, 1.165) is 4.88 Å². The maximum atomic E-state index is 12.3. The summed E-state index contributed by atoms with van der Waals surface area (Å²) in [7, 11) is -2.44. The van der Waals surface area contributed by atoms with Crippen LogP contribution >= 0.6 is 11.3 Å². The molecule has 0 aliphatic heterocycles. The van der Waals surface area contributed by atoms with Crippen LogP contribution in [0.1, 0.15) is 21.5 Å². The van der Waals surface area contributed by atoms with Gasteiger partial charge in [0.05, 0.1) is 16.9 Å². The van der Waals surface area contributed by atoms with Crippen molar-refractivity contribution < 1.29 is 27.5 Å². The van der Waals surface area contributed by atoms with Crippen molar-refractivity contribution in [2.75, 3.05) is 13.7 Å². The minimum atomic E-state index is -3.91. The molecule has 0 aliphatic rings. The summed E-state index contributed by atoms with van der Waals surface area (Å²) in [6, 6.07) is 8.04. The van der Waals surface area contributed by atoms with Gasteiger partial charge in [-0.2, -0.15) is 4.72 Å². The highest BCUT2D eigenvalue weighted by atomic mass is 32.2. The second-order valence-electron chi connectivity index (χ2n) is 5.46. The SMILES string of the molecule is COc1ccc(S(=O)(=O)N[C@@H](C)C(=O)OCC(=O)c2ccc(C)s2)cc1. The molecule has 1 aromatic carbocycles. The number of sulfonamides is 1. The summed E-state index contributed by atoms with van der Waals surface area (Å²) in [6.07, 6.45) is 0. The Morgan fingerprint density at radius 2 is 1.81 bits per heavy atom. The summed E-state index contributed by atoms with van der Waals surface area (Å²) in [6.45, 7) is 2.78. The van der Waals surface area contributed by atoms with E-state index < -0.39 is 28.6 Å². The number of carbonyl (C=O) groups excluding carboxylic acids is 2. The zero-order chi connectivity index (χ0) is 19.3. The van der Waals surface area contributed by atoms with Gasteiger partial charge in [-0.25, -0.2) is 8.42 Å². The average molecular weight is 397 g/mol. The van der Waals surface area contributed by atoms with Crippen LogP contribution in [0.4, 0.5) is 0 Å². The molecule has 0 spiro atoms. The first kappa shape index (κ1) is 20.1. The summed E-state index contributed by atoms with van der Waals surface area (Å²) >= 11 is 1.30. The van der Waals surface area contributed by atoms with E-state index in [4.69, 9.17) is 9.47 Å². The van der Waals surface area contributed by atoms with Crippen LogP contribution in [0, 0.1) is 6.92 Å². The third-order valence-corrected chi connectivity index (χ3v) is 6.01. The molecule has 0 fully saturated rings. The Kier molecular flexibility index (Phi) is 6.52. The minimum absolute atomic E-state index is 0.0110.